The first-order chi connectivity index (χ1) is 8.72. The summed E-state index contributed by atoms with van der Waals surface area (Å²) in [5.41, 5.74) is 5.28. The van der Waals surface area contributed by atoms with Crippen LogP contribution in [0.25, 0.3) is 0 Å². The van der Waals surface area contributed by atoms with Gasteiger partial charge in [0.25, 0.3) is 0 Å². The number of carbonyl (C=O) groups is 1. The monoisotopic (exact) mass is 347 g/mol. The Labute approximate surface area is 127 Å². The molecule has 0 aliphatic carbocycles. The van der Waals surface area contributed by atoms with E-state index in [1.807, 2.05) is 51.1 Å². The van der Waals surface area contributed by atoms with Crippen molar-refractivity contribution in [2.45, 2.75) is 36.7 Å². The fourth-order valence-electron chi connectivity index (χ4n) is 1.62. The molecule has 0 aromatic heterocycles. The molecule has 0 saturated carbocycles. The van der Waals surface area contributed by atoms with E-state index in [-0.39, 0.29) is 4.83 Å². The number of hydrogen-bond acceptors (Lipinski definition) is 3. The molecule has 106 valence electrons. The number of nitrogens with two attached hydrogens (primary N) is 1. The second-order valence-electron chi connectivity index (χ2n) is 5.32. The minimum Gasteiger partial charge on any atom is -0.460 e. The minimum absolute atomic E-state index is 0.281. The topological polar surface area (TPSA) is 52.3 Å². The summed E-state index contributed by atoms with van der Waals surface area (Å²) in [6.45, 7) is 5.44. The van der Waals surface area contributed by atoms with E-state index in [2.05, 4.69) is 15.9 Å². The highest BCUT2D eigenvalue weighted by atomic mass is 79.9. The van der Waals surface area contributed by atoms with Crippen LogP contribution in [-0.2, 0) is 9.53 Å². The molecule has 1 aromatic rings. The zero-order valence-electron chi connectivity index (χ0n) is 11.3. The Morgan fingerprint density at radius 2 is 1.84 bits per heavy atom. The van der Waals surface area contributed by atoms with Crippen LogP contribution in [0.1, 0.15) is 31.2 Å². The smallest absolute Gasteiger partial charge is 0.313 e. The molecule has 0 spiro atoms. The van der Waals surface area contributed by atoms with Crippen molar-refractivity contribution in [2.75, 3.05) is 0 Å². The van der Waals surface area contributed by atoms with Gasteiger partial charge < -0.3 is 10.5 Å². The van der Waals surface area contributed by atoms with E-state index in [1.54, 1.807) is 0 Å². The first-order valence-corrected chi connectivity index (χ1v) is 7.39. The van der Waals surface area contributed by atoms with Crippen LogP contribution < -0.4 is 5.73 Å². The van der Waals surface area contributed by atoms with Gasteiger partial charge in [-0.05, 0) is 26.3 Å². The third-order valence-corrected chi connectivity index (χ3v) is 3.83. The number of benzene rings is 1. The molecular weight excluding hydrogens is 330 g/mol. The summed E-state index contributed by atoms with van der Waals surface area (Å²) < 4.78 is 5.37. The van der Waals surface area contributed by atoms with Gasteiger partial charge >= 0.3 is 5.97 Å². The molecular formula is C14H19BrClNO2. The van der Waals surface area contributed by atoms with E-state index in [9.17, 15) is 4.79 Å². The molecule has 3 unspecified atom stereocenters. The average Bonchev–Trinajstić information content (AvgIpc) is 2.27. The molecule has 0 radical (unpaired) electrons. The van der Waals surface area contributed by atoms with Gasteiger partial charge in [-0.25, -0.2) is 0 Å². The normalized spacial score (nSPS) is 16.5. The molecule has 1 aromatic carbocycles. The highest BCUT2D eigenvalue weighted by Gasteiger charge is 2.35. The maximum Gasteiger partial charge on any atom is 0.313 e. The number of rotatable bonds is 4. The lowest BCUT2D eigenvalue weighted by atomic mass is 9.98. The van der Waals surface area contributed by atoms with Crippen molar-refractivity contribution in [1.82, 2.24) is 0 Å². The Bertz CT molecular complexity index is 417. The molecule has 2 N–H and O–H groups in total. The van der Waals surface area contributed by atoms with Crippen molar-refractivity contribution in [1.29, 1.82) is 0 Å². The molecule has 1 rings (SSSR count). The van der Waals surface area contributed by atoms with Crippen LogP contribution in [0.15, 0.2) is 30.3 Å². The number of alkyl halides is 2. The Hall–Kier alpha value is -0.580. The molecule has 0 aliphatic heterocycles. The molecule has 0 heterocycles. The van der Waals surface area contributed by atoms with Crippen molar-refractivity contribution >= 4 is 33.5 Å². The summed E-state index contributed by atoms with van der Waals surface area (Å²) in [4.78, 5) is 11.9. The molecule has 0 amide bonds. The summed E-state index contributed by atoms with van der Waals surface area (Å²) in [5.74, 6) is -1.05. The third-order valence-electron chi connectivity index (χ3n) is 2.46. The Morgan fingerprint density at radius 1 is 1.32 bits per heavy atom. The second kappa shape index (κ2) is 6.73. The van der Waals surface area contributed by atoms with Gasteiger partial charge in [-0.15, -0.1) is 11.6 Å². The molecule has 0 fully saturated rings. The van der Waals surface area contributed by atoms with E-state index in [1.165, 1.54) is 0 Å². The van der Waals surface area contributed by atoms with Gasteiger partial charge in [0.05, 0.1) is 10.3 Å². The van der Waals surface area contributed by atoms with Crippen LogP contribution in [-0.4, -0.2) is 17.1 Å². The first-order valence-electron chi connectivity index (χ1n) is 6.04. The fraction of sp³-hybridized carbons (Fsp3) is 0.500. The van der Waals surface area contributed by atoms with E-state index >= 15 is 0 Å². The highest BCUT2D eigenvalue weighted by Crippen LogP contribution is 2.35. The maximum absolute atomic E-state index is 12.2. The quantitative estimate of drug-likeness (QED) is 0.514. The summed E-state index contributed by atoms with van der Waals surface area (Å²) in [7, 11) is 0. The molecule has 3 atom stereocenters. The number of hydrogen-bond donors (Lipinski definition) is 1. The van der Waals surface area contributed by atoms with Gasteiger partial charge in [-0.2, -0.15) is 0 Å². The van der Waals surface area contributed by atoms with Crippen LogP contribution in [0.5, 0.6) is 0 Å². The number of carbonyl (C=O) groups excluding carboxylic acids is 1. The lowest BCUT2D eigenvalue weighted by Gasteiger charge is -2.28. The Kier molecular flexibility index (Phi) is 5.83. The standard InChI is InChI=1S/C14H19BrClNO2/c1-14(2,3)19-13(18)10(12(16)17)11(15)9-7-5-4-6-8-9/h4-8,10-12H,17H2,1-3H3. The SMILES string of the molecule is CC(C)(C)OC(=O)C(C(N)Cl)C(Br)c1ccccc1. The molecule has 0 bridgehead atoms. The summed E-state index contributed by atoms with van der Waals surface area (Å²) in [5, 5.41) is 0. The van der Waals surface area contributed by atoms with Gasteiger partial charge in [0.1, 0.15) is 11.5 Å². The van der Waals surface area contributed by atoms with Crippen LogP contribution in [0.2, 0.25) is 0 Å². The van der Waals surface area contributed by atoms with Crippen molar-refractivity contribution in [3.8, 4) is 0 Å². The van der Waals surface area contributed by atoms with Crippen LogP contribution >= 0.6 is 27.5 Å². The largest absolute Gasteiger partial charge is 0.460 e. The molecule has 19 heavy (non-hydrogen) atoms. The number of ether oxygens (including phenoxy) is 1. The molecule has 0 aliphatic rings. The third kappa shape index (κ3) is 5.13. The van der Waals surface area contributed by atoms with Crippen molar-refractivity contribution in [3.63, 3.8) is 0 Å². The predicted molar refractivity (Wildman–Crippen MR) is 81.3 cm³/mol. The number of esters is 1. The van der Waals surface area contributed by atoms with Crippen molar-refractivity contribution in [2.24, 2.45) is 11.7 Å². The molecule has 0 saturated heterocycles. The Balaban J connectivity index is 2.92. The van der Waals surface area contributed by atoms with Gasteiger partial charge in [0.2, 0.25) is 0 Å². The number of halogens is 2. The highest BCUT2D eigenvalue weighted by molar-refractivity contribution is 9.09. The average molecular weight is 349 g/mol. The molecule has 5 heteroatoms. The van der Waals surface area contributed by atoms with Crippen LogP contribution in [0.3, 0.4) is 0 Å². The zero-order chi connectivity index (χ0) is 14.6. The first kappa shape index (κ1) is 16.5. The van der Waals surface area contributed by atoms with Gasteiger partial charge in [0.15, 0.2) is 0 Å². The minimum atomic E-state index is -0.820. The van der Waals surface area contributed by atoms with Crippen LogP contribution in [0, 0.1) is 5.92 Å². The lowest BCUT2D eigenvalue weighted by Crippen LogP contribution is -2.38. The van der Waals surface area contributed by atoms with Gasteiger partial charge in [0, 0.05) is 0 Å². The van der Waals surface area contributed by atoms with Crippen molar-refractivity contribution < 1.29 is 9.53 Å². The zero-order valence-corrected chi connectivity index (χ0v) is 13.6. The predicted octanol–water partition coefficient (Wildman–Crippen LogP) is 3.60. The van der Waals surface area contributed by atoms with Gasteiger partial charge in [-0.1, -0.05) is 46.3 Å². The summed E-state index contributed by atoms with van der Waals surface area (Å²) in [6.07, 6.45) is 0. The van der Waals surface area contributed by atoms with E-state index in [0.717, 1.165) is 5.56 Å². The maximum atomic E-state index is 12.2. The summed E-state index contributed by atoms with van der Waals surface area (Å²) >= 11 is 9.46. The van der Waals surface area contributed by atoms with Crippen molar-refractivity contribution in [3.05, 3.63) is 35.9 Å². The second-order valence-corrected chi connectivity index (χ2v) is 6.81. The lowest BCUT2D eigenvalue weighted by molar-refractivity contribution is -0.160. The molecule has 3 nitrogen and oxygen atoms in total. The van der Waals surface area contributed by atoms with Gasteiger partial charge in [-0.3, -0.25) is 4.79 Å². The summed E-state index contributed by atoms with van der Waals surface area (Å²) in [6, 6.07) is 9.53. The van der Waals surface area contributed by atoms with E-state index < -0.39 is 23.0 Å². The van der Waals surface area contributed by atoms with E-state index in [4.69, 9.17) is 22.1 Å². The van der Waals surface area contributed by atoms with Crippen LogP contribution in [0.4, 0.5) is 0 Å². The fourth-order valence-corrected chi connectivity index (χ4v) is 2.90. The Morgan fingerprint density at radius 3 is 2.26 bits per heavy atom. The van der Waals surface area contributed by atoms with E-state index in [0.29, 0.717) is 0 Å².